The molecule has 0 saturated carbocycles. The number of thiophene rings is 1. The largest absolute Gasteiger partial charge is 0.422 e. The van der Waals surface area contributed by atoms with Crippen LogP contribution in [-0.2, 0) is 4.79 Å². The Morgan fingerprint density at radius 3 is 2.75 bits per heavy atom. The van der Waals surface area contributed by atoms with Crippen molar-refractivity contribution in [1.29, 1.82) is 0 Å². The van der Waals surface area contributed by atoms with Crippen LogP contribution >= 0.6 is 27.3 Å². The van der Waals surface area contributed by atoms with E-state index in [1.807, 2.05) is 35.7 Å². The summed E-state index contributed by atoms with van der Waals surface area (Å²) in [4.78, 5) is 12.8. The summed E-state index contributed by atoms with van der Waals surface area (Å²) >= 11 is 5.01. The molecule has 0 fully saturated rings. The maximum Gasteiger partial charge on any atom is 0.336 e. The van der Waals surface area contributed by atoms with E-state index in [4.69, 9.17) is 4.74 Å². The molecule has 20 heavy (non-hydrogen) atoms. The zero-order valence-electron chi connectivity index (χ0n) is 11.3. The van der Waals surface area contributed by atoms with E-state index in [-0.39, 0.29) is 5.97 Å². The van der Waals surface area contributed by atoms with Gasteiger partial charge in [-0.25, -0.2) is 4.79 Å². The highest BCUT2D eigenvalue weighted by atomic mass is 79.9. The molecule has 0 N–H and O–H groups in total. The minimum Gasteiger partial charge on any atom is -0.422 e. The lowest BCUT2D eigenvalue weighted by Crippen LogP contribution is -2.04. The van der Waals surface area contributed by atoms with Crippen LogP contribution in [0.5, 0.6) is 5.75 Å². The first-order chi connectivity index (χ1) is 9.56. The number of esters is 1. The van der Waals surface area contributed by atoms with Gasteiger partial charge in [-0.3, -0.25) is 0 Å². The van der Waals surface area contributed by atoms with Crippen molar-refractivity contribution in [2.75, 3.05) is 0 Å². The third-order valence-corrected chi connectivity index (χ3v) is 4.22. The van der Waals surface area contributed by atoms with Gasteiger partial charge in [-0.05, 0) is 57.1 Å². The summed E-state index contributed by atoms with van der Waals surface area (Å²) in [5.41, 5.74) is 1.20. The molecule has 0 aliphatic rings. The van der Waals surface area contributed by atoms with Crippen LogP contribution in [0.2, 0.25) is 0 Å². The molecule has 0 unspecified atom stereocenters. The Labute approximate surface area is 131 Å². The molecule has 0 amide bonds. The monoisotopic (exact) mass is 350 g/mol. The van der Waals surface area contributed by atoms with Crippen molar-refractivity contribution in [3.8, 4) is 5.75 Å². The van der Waals surface area contributed by atoms with Crippen molar-refractivity contribution >= 4 is 39.3 Å². The van der Waals surface area contributed by atoms with Crippen molar-refractivity contribution in [1.82, 2.24) is 0 Å². The summed E-state index contributed by atoms with van der Waals surface area (Å²) in [7, 11) is 0. The number of hydrogen-bond acceptors (Lipinski definition) is 3. The van der Waals surface area contributed by atoms with Crippen LogP contribution in [-0.4, -0.2) is 5.97 Å². The highest BCUT2D eigenvalue weighted by molar-refractivity contribution is 9.10. The highest BCUT2D eigenvalue weighted by Crippen LogP contribution is 2.29. The van der Waals surface area contributed by atoms with Gasteiger partial charge in [0.2, 0.25) is 0 Å². The lowest BCUT2D eigenvalue weighted by molar-refractivity contribution is -0.128. The molecule has 0 aliphatic heterocycles. The molecule has 1 aromatic carbocycles. The molecule has 0 bridgehead atoms. The Morgan fingerprint density at radius 2 is 2.15 bits per heavy atom. The molecule has 0 aliphatic carbocycles. The van der Waals surface area contributed by atoms with E-state index in [1.54, 1.807) is 17.4 Å². The molecule has 1 heterocycles. The Bertz CT molecular complexity index is 615. The van der Waals surface area contributed by atoms with Gasteiger partial charge >= 0.3 is 5.97 Å². The van der Waals surface area contributed by atoms with E-state index in [9.17, 15) is 4.79 Å². The van der Waals surface area contributed by atoms with Crippen LogP contribution in [0.1, 0.15) is 30.2 Å². The van der Waals surface area contributed by atoms with Crippen molar-refractivity contribution in [3.05, 3.63) is 56.7 Å². The van der Waals surface area contributed by atoms with Crippen molar-refractivity contribution < 1.29 is 9.53 Å². The quantitative estimate of drug-likeness (QED) is 0.427. The van der Waals surface area contributed by atoms with Crippen LogP contribution in [0.4, 0.5) is 0 Å². The molecule has 0 saturated heterocycles. The number of benzene rings is 1. The van der Waals surface area contributed by atoms with Crippen LogP contribution < -0.4 is 4.74 Å². The minimum absolute atomic E-state index is 0.378. The van der Waals surface area contributed by atoms with Gasteiger partial charge in [-0.15, -0.1) is 11.3 Å². The Kier molecular flexibility index (Phi) is 5.15. The first kappa shape index (κ1) is 15.0. The van der Waals surface area contributed by atoms with Gasteiger partial charge in [-0.2, -0.15) is 0 Å². The lowest BCUT2D eigenvalue weighted by Gasteiger charge is -2.09. The van der Waals surface area contributed by atoms with Crippen molar-refractivity contribution in [2.24, 2.45) is 0 Å². The Hall–Kier alpha value is -1.39. The number of ether oxygens (including phenoxy) is 1. The molecule has 0 spiro atoms. The van der Waals surface area contributed by atoms with Gasteiger partial charge in [-0.1, -0.05) is 26.0 Å². The Morgan fingerprint density at radius 1 is 1.35 bits per heavy atom. The second-order valence-electron chi connectivity index (χ2n) is 4.61. The van der Waals surface area contributed by atoms with Crippen LogP contribution in [0.3, 0.4) is 0 Å². The zero-order chi connectivity index (χ0) is 14.5. The first-order valence-corrected chi connectivity index (χ1v) is 7.96. The predicted molar refractivity (Wildman–Crippen MR) is 87.2 cm³/mol. The summed E-state index contributed by atoms with van der Waals surface area (Å²) in [6, 6.07) is 9.66. The van der Waals surface area contributed by atoms with Crippen molar-refractivity contribution in [3.63, 3.8) is 0 Å². The molecule has 1 aromatic heterocycles. The summed E-state index contributed by atoms with van der Waals surface area (Å²) in [6.07, 6.45) is 3.19. The number of carbonyl (C=O) groups is 1. The molecule has 104 valence electrons. The van der Waals surface area contributed by atoms with Gasteiger partial charge in [0.05, 0.1) is 4.47 Å². The normalized spacial score (nSPS) is 11.2. The van der Waals surface area contributed by atoms with E-state index < -0.39 is 0 Å². The van der Waals surface area contributed by atoms with Crippen molar-refractivity contribution in [2.45, 2.75) is 19.8 Å². The van der Waals surface area contributed by atoms with Crippen LogP contribution in [0, 0.1) is 0 Å². The second-order valence-corrected chi connectivity index (χ2v) is 6.45. The molecular weight excluding hydrogens is 336 g/mol. The molecule has 2 aromatic rings. The van der Waals surface area contributed by atoms with E-state index in [1.165, 1.54) is 11.6 Å². The third kappa shape index (κ3) is 4.05. The summed E-state index contributed by atoms with van der Waals surface area (Å²) in [6.45, 7) is 4.24. The maximum absolute atomic E-state index is 11.8. The zero-order valence-corrected chi connectivity index (χ0v) is 13.7. The van der Waals surface area contributed by atoms with Crippen LogP contribution in [0.15, 0.2) is 46.3 Å². The average Bonchev–Trinajstić information content (AvgIpc) is 2.91. The second kappa shape index (κ2) is 6.86. The van der Waals surface area contributed by atoms with Gasteiger partial charge in [0.15, 0.2) is 0 Å². The standard InChI is InChI=1S/C16H15BrO2S/c1-11(2)12-5-7-15(14(17)10-12)19-16(18)8-6-13-4-3-9-20-13/h3-11H,1-2H3. The number of hydrogen-bond donors (Lipinski definition) is 0. The SMILES string of the molecule is CC(C)c1ccc(OC(=O)C=Cc2cccs2)c(Br)c1. The molecule has 2 rings (SSSR count). The van der Waals surface area contributed by atoms with Gasteiger partial charge in [0.25, 0.3) is 0 Å². The van der Waals surface area contributed by atoms with Crippen LogP contribution in [0.25, 0.3) is 6.08 Å². The summed E-state index contributed by atoms with van der Waals surface area (Å²) < 4.78 is 6.10. The molecular formula is C16H15BrO2S. The minimum atomic E-state index is -0.378. The smallest absolute Gasteiger partial charge is 0.336 e. The van der Waals surface area contributed by atoms with Gasteiger partial charge in [0.1, 0.15) is 5.75 Å². The number of rotatable bonds is 4. The number of carbonyl (C=O) groups excluding carboxylic acids is 1. The topological polar surface area (TPSA) is 26.3 Å². The van der Waals surface area contributed by atoms with Gasteiger partial charge in [0, 0.05) is 11.0 Å². The molecule has 0 radical (unpaired) electrons. The number of halogens is 1. The maximum atomic E-state index is 11.8. The predicted octanol–water partition coefficient (Wildman–Crippen LogP) is 5.25. The fraction of sp³-hybridized carbons (Fsp3) is 0.188. The fourth-order valence-electron chi connectivity index (χ4n) is 1.64. The van der Waals surface area contributed by atoms with E-state index in [2.05, 4.69) is 29.8 Å². The Balaban J connectivity index is 2.04. The van der Waals surface area contributed by atoms with Gasteiger partial charge < -0.3 is 4.74 Å². The fourth-order valence-corrected chi connectivity index (χ4v) is 2.73. The van der Waals surface area contributed by atoms with E-state index >= 15 is 0 Å². The lowest BCUT2D eigenvalue weighted by atomic mass is 10.0. The molecule has 2 nitrogen and oxygen atoms in total. The highest BCUT2D eigenvalue weighted by Gasteiger charge is 2.08. The molecule has 4 heteroatoms. The third-order valence-electron chi connectivity index (χ3n) is 2.76. The first-order valence-electron chi connectivity index (χ1n) is 6.29. The average molecular weight is 351 g/mol. The van der Waals surface area contributed by atoms with E-state index in [0.29, 0.717) is 11.7 Å². The van der Waals surface area contributed by atoms with E-state index in [0.717, 1.165) is 9.35 Å². The summed E-state index contributed by atoms with van der Waals surface area (Å²) in [5.74, 6) is 0.599. The summed E-state index contributed by atoms with van der Waals surface area (Å²) in [5, 5.41) is 1.96. The molecule has 0 atom stereocenters.